The third-order valence-electron chi connectivity index (χ3n) is 5.04. The first kappa shape index (κ1) is 24.6. The van der Waals surface area contributed by atoms with Crippen LogP contribution in [0.2, 0.25) is 0 Å². The van der Waals surface area contributed by atoms with E-state index in [1.165, 1.54) is 0 Å². The van der Waals surface area contributed by atoms with E-state index in [0.717, 1.165) is 31.8 Å². The number of ether oxygens (including phenoxy) is 2. The summed E-state index contributed by atoms with van der Waals surface area (Å²) in [4.78, 5) is 38.9. The molecule has 2 aromatic carbocycles. The topological polar surface area (TPSA) is 99.5 Å². The van der Waals surface area contributed by atoms with Gasteiger partial charge in [0.2, 0.25) is 5.91 Å². The molecule has 0 spiro atoms. The van der Waals surface area contributed by atoms with Crippen molar-refractivity contribution >= 4 is 54.9 Å². The first-order chi connectivity index (χ1) is 16.9. The number of fused-ring (bicyclic) bond motifs is 1. The number of carbonyl (C=O) groups is 2. The molecule has 2 heterocycles. The number of halogens is 1. The van der Waals surface area contributed by atoms with E-state index < -0.39 is 11.5 Å². The Hall–Kier alpha value is -3.50. The number of amides is 1. The lowest BCUT2D eigenvalue weighted by Crippen LogP contribution is -2.25. The Labute approximate surface area is 213 Å². The molecule has 1 amide bonds. The molecule has 0 aliphatic carbocycles. The van der Waals surface area contributed by atoms with Gasteiger partial charge in [0.1, 0.15) is 10.8 Å². The van der Waals surface area contributed by atoms with Crippen LogP contribution in [0, 0.1) is 0 Å². The lowest BCUT2D eigenvalue weighted by Gasteiger charge is -2.10. The molecule has 0 unspecified atom stereocenters. The zero-order chi connectivity index (χ0) is 24.9. The van der Waals surface area contributed by atoms with E-state index in [1.54, 1.807) is 48.7 Å². The van der Waals surface area contributed by atoms with Crippen molar-refractivity contribution in [1.29, 1.82) is 0 Å². The van der Waals surface area contributed by atoms with E-state index in [-0.39, 0.29) is 30.0 Å². The molecule has 0 bridgehead atoms. The number of benzene rings is 2. The minimum Gasteiger partial charge on any atom is -0.494 e. The third kappa shape index (κ3) is 5.44. The van der Waals surface area contributed by atoms with Gasteiger partial charge in [0.25, 0.3) is 5.56 Å². The highest BCUT2D eigenvalue weighted by atomic mass is 79.9. The Morgan fingerprint density at radius 2 is 1.77 bits per heavy atom. The second-order valence-corrected chi connectivity index (χ2v) is 9.21. The summed E-state index contributed by atoms with van der Waals surface area (Å²) in [7, 11) is 0. The molecular formula is C25H22BrN3O5S. The van der Waals surface area contributed by atoms with Crippen molar-refractivity contribution in [3.8, 4) is 11.4 Å². The molecule has 8 nitrogen and oxygen atoms in total. The van der Waals surface area contributed by atoms with Crippen LogP contribution < -0.4 is 15.6 Å². The molecule has 0 radical (unpaired) electrons. The van der Waals surface area contributed by atoms with Gasteiger partial charge < -0.3 is 14.8 Å². The summed E-state index contributed by atoms with van der Waals surface area (Å²) in [5.41, 5.74) is 0.831. The Morgan fingerprint density at radius 1 is 1.06 bits per heavy atom. The number of hydrogen-bond donors (Lipinski definition) is 1. The van der Waals surface area contributed by atoms with Gasteiger partial charge in [0, 0.05) is 15.2 Å². The van der Waals surface area contributed by atoms with Crippen molar-refractivity contribution in [1.82, 2.24) is 9.78 Å². The molecule has 0 fully saturated rings. The Bertz CT molecular complexity index is 1430. The van der Waals surface area contributed by atoms with Crippen molar-refractivity contribution in [3.05, 3.63) is 80.0 Å². The quantitative estimate of drug-likeness (QED) is 0.308. The van der Waals surface area contributed by atoms with Gasteiger partial charge in [-0.2, -0.15) is 9.78 Å². The molecule has 4 rings (SSSR count). The Kier molecular flexibility index (Phi) is 7.62. The van der Waals surface area contributed by atoms with Crippen LogP contribution in [0.5, 0.6) is 5.75 Å². The maximum Gasteiger partial charge on any atom is 0.359 e. The fourth-order valence-corrected chi connectivity index (χ4v) is 4.69. The minimum absolute atomic E-state index is 0.00707. The van der Waals surface area contributed by atoms with Crippen LogP contribution in [0.25, 0.3) is 16.5 Å². The van der Waals surface area contributed by atoms with Gasteiger partial charge in [-0.05, 0) is 55.8 Å². The lowest BCUT2D eigenvalue weighted by molar-refractivity contribution is -0.115. The molecule has 1 N–H and O–H groups in total. The smallest absolute Gasteiger partial charge is 0.359 e. The number of nitrogens with zero attached hydrogens (tertiary/aromatic N) is 2. The molecule has 0 saturated carbocycles. The first-order valence-electron chi connectivity index (χ1n) is 10.9. The van der Waals surface area contributed by atoms with Crippen LogP contribution in [0.1, 0.15) is 29.9 Å². The number of hydrogen-bond acceptors (Lipinski definition) is 7. The predicted molar refractivity (Wildman–Crippen MR) is 139 cm³/mol. The lowest BCUT2D eigenvalue weighted by atomic mass is 10.1. The summed E-state index contributed by atoms with van der Waals surface area (Å²) in [6, 6.07) is 14.2. The molecule has 35 heavy (non-hydrogen) atoms. The van der Waals surface area contributed by atoms with E-state index in [2.05, 4.69) is 26.3 Å². The Balaban J connectivity index is 1.71. The summed E-state index contributed by atoms with van der Waals surface area (Å²) in [5.74, 6) is -0.205. The average Bonchev–Trinajstić information content (AvgIpc) is 3.25. The molecule has 180 valence electrons. The summed E-state index contributed by atoms with van der Waals surface area (Å²) >= 11 is 4.53. The van der Waals surface area contributed by atoms with Gasteiger partial charge in [0.05, 0.1) is 30.7 Å². The molecule has 2 aromatic heterocycles. The summed E-state index contributed by atoms with van der Waals surface area (Å²) in [6.45, 7) is 4.32. The van der Waals surface area contributed by atoms with E-state index in [1.807, 2.05) is 19.1 Å². The SMILES string of the molecule is CCOC(=O)c1nn(-c2ccc(Br)cc2)c(=O)c2c(NC(=O)Cc3ccc(OCC)cc3)scc12. The maximum atomic E-state index is 13.4. The maximum absolute atomic E-state index is 13.4. The molecule has 0 atom stereocenters. The van der Waals surface area contributed by atoms with Gasteiger partial charge in [-0.1, -0.05) is 28.1 Å². The fraction of sp³-hybridized carbons (Fsp3) is 0.200. The van der Waals surface area contributed by atoms with E-state index in [9.17, 15) is 14.4 Å². The zero-order valence-electron chi connectivity index (χ0n) is 19.0. The van der Waals surface area contributed by atoms with Crippen LogP contribution >= 0.6 is 27.3 Å². The second-order valence-electron chi connectivity index (χ2n) is 7.42. The summed E-state index contributed by atoms with van der Waals surface area (Å²) in [5, 5.41) is 9.65. The first-order valence-corrected chi connectivity index (χ1v) is 12.6. The van der Waals surface area contributed by atoms with Crippen molar-refractivity contribution in [2.24, 2.45) is 0 Å². The van der Waals surface area contributed by atoms with E-state index in [0.29, 0.717) is 22.7 Å². The van der Waals surface area contributed by atoms with Gasteiger partial charge in [-0.15, -0.1) is 11.3 Å². The monoisotopic (exact) mass is 555 g/mol. The third-order valence-corrected chi connectivity index (χ3v) is 6.47. The van der Waals surface area contributed by atoms with Gasteiger partial charge in [-0.3, -0.25) is 9.59 Å². The van der Waals surface area contributed by atoms with Crippen molar-refractivity contribution in [2.45, 2.75) is 20.3 Å². The summed E-state index contributed by atoms with van der Waals surface area (Å²) < 4.78 is 12.6. The minimum atomic E-state index is -0.645. The number of rotatable bonds is 8. The van der Waals surface area contributed by atoms with E-state index in [4.69, 9.17) is 9.47 Å². The van der Waals surface area contributed by atoms with Crippen LogP contribution in [0.15, 0.2) is 63.2 Å². The summed E-state index contributed by atoms with van der Waals surface area (Å²) in [6.07, 6.45) is 0.114. The van der Waals surface area contributed by atoms with Crippen molar-refractivity contribution < 1.29 is 19.1 Å². The predicted octanol–water partition coefficient (Wildman–Crippen LogP) is 4.97. The van der Waals surface area contributed by atoms with Crippen LogP contribution in [-0.4, -0.2) is 34.9 Å². The van der Waals surface area contributed by atoms with Crippen LogP contribution in [-0.2, 0) is 16.0 Å². The molecule has 4 aromatic rings. The number of aromatic nitrogens is 2. The molecule has 0 saturated heterocycles. The Morgan fingerprint density at radius 3 is 2.43 bits per heavy atom. The van der Waals surface area contributed by atoms with Crippen molar-refractivity contribution in [2.75, 3.05) is 18.5 Å². The van der Waals surface area contributed by atoms with E-state index >= 15 is 0 Å². The van der Waals surface area contributed by atoms with Crippen LogP contribution in [0.4, 0.5) is 5.00 Å². The molecule has 0 aliphatic heterocycles. The number of carbonyl (C=O) groups excluding carboxylic acids is 2. The number of esters is 1. The van der Waals surface area contributed by atoms with Crippen LogP contribution in [0.3, 0.4) is 0 Å². The van der Waals surface area contributed by atoms with Gasteiger partial charge in [-0.25, -0.2) is 4.79 Å². The second kappa shape index (κ2) is 10.8. The van der Waals surface area contributed by atoms with Gasteiger partial charge >= 0.3 is 5.97 Å². The molecular weight excluding hydrogens is 534 g/mol. The number of anilines is 1. The zero-order valence-corrected chi connectivity index (χ0v) is 21.4. The largest absolute Gasteiger partial charge is 0.494 e. The number of thiophene rings is 1. The standard InChI is InChI=1S/C25H22BrN3O5S/c1-3-33-18-11-5-15(6-12-18)13-20(30)27-23-21-19(14-35-23)22(25(32)34-4-2)28-29(24(21)31)17-9-7-16(26)8-10-17/h5-12,14H,3-4,13H2,1-2H3,(H,27,30). The normalized spacial score (nSPS) is 10.8. The highest BCUT2D eigenvalue weighted by molar-refractivity contribution is 9.10. The average molecular weight is 556 g/mol. The van der Waals surface area contributed by atoms with Gasteiger partial charge in [0.15, 0.2) is 5.69 Å². The highest BCUT2D eigenvalue weighted by Crippen LogP contribution is 2.31. The highest BCUT2D eigenvalue weighted by Gasteiger charge is 2.23. The molecule has 0 aliphatic rings. The van der Waals surface area contributed by atoms with Crippen molar-refractivity contribution in [3.63, 3.8) is 0 Å². The fourth-order valence-electron chi connectivity index (χ4n) is 3.48. The number of nitrogens with one attached hydrogen (secondary N) is 1. The molecule has 10 heteroatoms.